The fourth-order valence-corrected chi connectivity index (χ4v) is 1.08. The van der Waals surface area contributed by atoms with Crippen molar-refractivity contribution in [2.45, 2.75) is 19.9 Å². The zero-order valence-electron chi connectivity index (χ0n) is 8.83. The summed E-state index contributed by atoms with van der Waals surface area (Å²) in [6.45, 7) is 4.45. The molecule has 0 saturated carbocycles. The van der Waals surface area contributed by atoms with E-state index in [1.165, 1.54) is 0 Å². The third-order valence-electron chi connectivity index (χ3n) is 1.84. The first-order chi connectivity index (χ1) is 6.65. The minimum Gasteiger partial charge on any atom is -0.373 e. The average molecular weight is 195 g/mol. The number of hydrogen-bond acceptors (Lipinski definition) is 5. The van der Waals surface area contributed by atoms with E-state index in [0.717, 1.165) is 17.5 Å². The van der Waals surface area contributed by atoms with Gasteiger partial charge in [0.2, 0.25) is 0 Å². The molecule has 78 valence electrons. The second-order valence-electron chi connectivity index (χ2n) is 3.22. The maximum absolute atomic E-state index is 5.51. The summed E-state index contributed by atoms with van der Waals surface area (Å²) in [4.78, 5) is 8.44. The van der Waals surface area contributed by atoms with Gasteiger partial charge in [0, 0.05) is 25.7 Å². The molecule has 0 amide bonds. The Kier molecular flexibility index (Phi) is 3.64. The van der Waals surface area contributed by atoms with Gasteiger partial charge in [-0.15, -0.1) is 0 Å². The maximum atomic E-state index is 5.51. The SMILES string of the molecule is CNc1cc(NC(C)CN)nc(C)n1. The summed E-state index contributed by atoms with van der Waals surface area (Å²) < 4.78 is 0. The van der Waals surface area contributed by atoms with Crippen molar-refractivity contribution in [1.29, 1.82) is 0 Å². The Morgan fingerprint density at radius 1 is 1.43 bits per heavy atom. The van der Waals surface area contributed by atoms with Crippen LogP contribution in [-0.4, -0.2) is 29.6 Å². The zero-order valence-corrected chi connectivity index (χ0v) is 8.83. The van der Waals surface area contributed by atoms with E-state index in [4.69, 9.17) is 5.73 Å². The van der Waals surface area contributed by atoms with Gasteiger partial charge < -0.3 is 16.4 Å². The van der Waals surface area contributed by atoms with Crippen LogP contribution in [-0.2, 0) is 0 Å². The number of nitrogens with one attached hydrogen (secondary N) is 2. The first-order valence-electron chi connectivity index (χ1n) is 4.65. The van der Waals surface area contributed by atoms with Crippen molar-refractivity contribution in [3.05, 3.63) is 11.9 Å². The molecule has 1 atom stereocenters. The standard InChI is InChI=1S/C9H17N5/c1-6(5-10)12-9-4-8(11-3)13-7(2)14-9/h4,6H,5,10H2,1-3H3,(H2,11,12,13,14). The highest BCUT2D eigenvalue weighted by molar-refractivity contribution is 5.47. The molecule has 1 heterocycles. The van der Waals surface area contributed by atoms with Crippen LogP contribution in [0.5, 0.6) is 0 Å². The van der Waals surface area contributed by atoms with E-state index < -0.39 is 0 Å². The lowest BCUT2D eigenvalue weighted by Crippen LogP contribution is -2.25. The molecule has 1 rings (SSSR count). The largest absolute Gasteiger partial charge is 0.373 e. The molecular formula is C9H17N5. The molecule has 0 spiro atoms. The summed E-state index contributed by atoms with van der Waals surface area (Å²) >= 11 is 0. The molecule has 5 heteroatoms. The van der Waals surface area contributed by atoms with Crippen molar-refractivity contribution in [2.24, 2.45) is 5.73 Å². The van der Waals surface area contributed by atoms with Crippen LogP contribution in [0.1, 0.15) is 12.7 Å². The van der Waals surface area contributed by atoms with Crippen LogP contribution < -0.4 is 16.4 Å². The number of rotatable bonds is 4. The van der Waals surface area contributed by atoms with Crippen molar-refractivity contribution in [3.63, 3.8) is 0 Å². The molecule has 1 unspecified atom stereocenters. The molecule has 5 nitrogen and oxygen atoms in total. The quantitative estimate of drug-likeness (QED) is 0.655. The smallest absolute Gasteiger partial charge is 0.132 e. The van der Waals surface area contributed by atoms with Gasteiger partial charge in [-0.25, -0.2) is 9.97 Å². The molecule has 0 aromatic carbocycles. The molecule has 0 bridgehead atoms. The van der Waals surface area contributed by atoms with Crippen molar-refractivity contribution >= 4 is 11.6 Å². The first kappa shape index (κ1) is 10.7. The van der Waals surface area contributed by atoms with Crippen LogP contribution in [0, 0.1) is 6.92 Å². The van der Waals surface area contributed by atoms with Gasteiger partial charge >= 0.3 is 0 Å². The second-order valence-corrected chi connectivity index (χ2v) is 3.22. The molecule has 0 radical (unpaired) electrons. The molecule has 1 aromatic heterocycles. The first-order valence-corrected chi connectivity index (χ1v) is 4.65. The van der Waals surface area contributed by atoms with Crippen LogP contribution in [0.4, 0.5) is 11.6 Å². The predicted octanol–water partition coefficient (Wildman–Crippen LogP) is 0.586. The molecule has 4 N–H and O–H groups in total. The lowest BCUT2D eigenvalue weighted by Gasteiger charge is -2.13. The molecule has 1 aromatic rings. The molecule has 0 aliphatic carbocycles. The third-order valence-corrected chi connectivity index (χ3v) is 1.84. The van der Waals surface area contributed by atoms with E-state index >= 15 is 0 Å². The van der Waals surface area contributed by atoms with Crippen LogP contribution in [0.2, 0.25) is 0 Å². The highest BCUT2D eigenvalue weighted by atomic mass is 15.1. The van der Waals surface area contributed by atoms with Crippen molar-refractivity contribution < 1.29 is 0 Å². The maximum Gasteiger partial charge on any atom is 0.132 e. The van der Waals surface area contributed by atoms with Crippen molar-refractivity contribution in [3.8, 4) is 0 Å². The van der Waals surface area contributed by atoms with E-state index in [0.29, 0.717) is 6.54 Å². The molecule has 14 heavy (non-hydrogen) atoms. The molecule has 0 aliphatic rings. The minimum atomic E-state index is 0.217. The summed E-state index contributed by atoms with van der Waals surface area (Å²) in [5.74, 6) is 2.35. The zero-order chi connectivity index (χ0) is 10.6. The van der Waals surface area contributed by atoms with Crippen molar-refractivity contribution in [1.82, 2.24) is 9.97 Å². The topological polar surface area (TPSA) is 75.9 Å². The van der Waals surface area contributed by atoms with Crippen molar-refractivity contribution in [2.75, 3.05) is 24.2 Å². The number of aryl methyl sites for hydroxylation is 1. The second kappa shape index (κ2) is 4.76. The van der Waals surface area contributed by atoms with E-state index in [9.17, 15) is 0 Å². The van der Waals surface area contributed by atoms with Crippen LogP contribution in [0.15, 0.2) is 6.07 Å². The predicted molar refractivity (Wildman–Crippen MR) is 58.5 cm³/mol. The van der Waals surface area contributed by atoms with Gasteiger partial charge in [0.05, 0.1) is 0 Å². The lowest BCUT2D eigenvalue weighted by atomic mass is 10.3. The highest BCUT2D eigenvalue weighted by Crippen LogP contribution is 2.10. The Balaban J connectivity index is 2.81. The summed E-state index contributed by atoms with van der Waals surface area (Å²) in [6, 6.07) is 2.08. The number of anilines is 2. The highest BCUT2D eigenvalue weighted by Gasteiger charge is 2.03. The van der Waals surface area contributed by atoms with Crippen LogP contribution in [0.25, 0.3) is 0 Å². The van der Waals surface area contributed by atoms with E-state index in [1.54, 1.807) is 0 Å². The fourth-order valence-electron chi connectivity index (χ4n) is 1.08. The van der Waals surface area contributed by atoms with Gasteiger partial charge in [-0.3, -0.25) is 0 Å². The van der Waals surface area contributed by atoms with Crippen LogP contribution >= 0.6 is 0 Å². The molecule has 0 saturated heterocycles. The Labute approximate surface area is 84.1 Å². The van der Waals surface area contributed by atoms with Gasteiger partial charge in [-0.2, -0.15) is 0 Å². The summed E-state index contributed by atoms with van der Waals surface area (Å²) in [5, 5.41) is 6.17. The summed E-state index contributed by atoms with van der Waals surface area (Å²) in [6.07, 6.45) is 0. The lowest BCUT2D eigenvalue weighted by molar-refractivity contribution is 0.795. The number of aromatic nitrogens is 2. The minimum absolute atomic E-state index is 0.217. The normalized spacial score (nSPS) is 12.3. The van der Waals surface area contributed by atoms with Crippen LogP contribution in [0.3, 0.4) is 0 Å². The Hall–Kier alpha value is -1.36. The molecular weight excluding hydrogens is 178 g/mol. The third kappa shape index (κ3) is 2.85. The molecule has 0 aliphatic heterocycles. The summed E-state index contributed by atoms with van der Waals surface area (Å²) in [7, 11) is 1.83. The van der Waals surface area contributed by atoms with Gasteiger partial charge in [0.25, 0.3) is 0 Å². The number of nitrogens with zero attached hydrogens (tertiary/aromatic N) is 2. The fraction of sp³-hybridized carbons (Fsp3) is 0.556. The van der Waals surface area contributed by atoms with E-state index in [1.807, 2.05) is 27.0 Å². The van der Waals surface area contributed by atoms with E-state index in [-0.39, 0.29) is 6.04 Å². The van der Waals surface area contributed by atoms with Gasteiger partial charge in [0.1, 0.15) is 17.5 Å². The molecule has 0 fully saturated rings. The average Bonchev–Trinajstić information content (AvgIpc) is 2.16. The Bertz CT molecular complexity index is 299. The van der Waals surface area contributed by atoms with Gasteiger partial charge in [-0.1, -0.05) is 0 Å². The number of hydrogen-bond donors (Lipinski definition) is 3. The Morgan fingerprint density at radius 2 is 2.07 bits per heavy atom. The summed E-state index contributed by atoms with van der Waals surface area (Å²) in [5.41, 5.74) is 5.51. The van der Waals surface area contributed by atoms with Gasteiger partial charge in [0.15, 0.2) is 0 Å². The number of nitrogens with two attached hydrogens (primary N) is 1. The van der Waals surface area contributed by atoms with E-state index in [2.05, 4.69) is 20.6 Å². The monoisotopic (exact) mass is 195 g/mol. The van der Waals surface area contributed by atoms with Gasteiger partial charge in [-0.05, 0) is 13.8 Å². The Morgan fingerprint density at radius 3 is 2.64 bits per heavy atom.